The van der Waals surface area contributed by atoms with Crippen LogP contribution in [0.25, 0.3) is 0 Å². The topological polar surface area (TPSA) is 49.3 Å². The van der Waals surface area contributed by atoms with Crippen molar-refractivity contribution >= 4 is 39.2 Å². The lowest BCUT2D eigenvalue weighted by molar-refractivity contribution is -0.134. The van der Waals surface area contributed by atoms with Crippen LogP contribution < -0.4 is 5.32 Å². The fourth-order valence-electron chi connectivity index (χ4n) is 0.875. The number of rotatable bonds is 3. The number of carboxylic acids is 1. The third kappa shape index (κ3) is 2.85. The molecule has 6 heteroatoms. The molecular formula is C8H6BrClFNO2. The predicted octanol–water partition coefficient (Wildman–Crippen LogP) is 2.74. The minimum absolute atomic E-state index is 0.137. The van der Waals surface area contributed by atoms with Gasteiger partial charge in [-0.25, -0.2) is 4.39 Å². The van der Waals surface area contributed by atoms with Crippen molar-refractivity contribution in [3.63, 3.8) is 0 Å². The highest BCUT2D eigenvalue weighted by Crippen LogP contribution is 2.31. The molecule has 3 nitrogen and oxygen atoms in total. The molecule has 14 heavy (non-hydrogen) atoms. The van der Waals surface area contributed by atoms with Crippen LogP contribution in [-0.2, 0) is 4.79 Å². The summed E-state index contributed by atoms with van der Waals surface area (Å²) in [6.45, 7) is -0.274. The Morgan fingerprint density at radius 1 is 1.64 bits per heavy atom. The Morgan fingerprint density at radius 3 is 2.79 bits per heavy atom. The summed E-state index contributed by atoms with van der Waals surface area (Å²) in [5, 5.41) is 11.1. The van der Waals surface area contributed by atoms with E-state index < -0.39 is 11.8 Å². The van der Waals surface area contributed by atoms with E-state index in [9.17, 15) is 9.18 Å². The molecule has 0 atom stereocenters. The van der Waals surface area contributed by atoms with Gasteiger partial charge < -0.3 is 10.4 Å². The zero-order valence-corrected chi connectivity index (χ0v) is 9.19. The molecule has 0 fully saturated rings. The van der Waals surface area contributed by atoms with Crippen LogP contribution in [0, 0.1) is 5.82 Å². The summed E-state index contributed by atoms with van der Waals surface area (Å²) in [4.78, 5) is 10.3. The molecule has 0 aliphatic heterocycles. The van der Waals surface area contributed by atoms with Crippen molar-refractivity contribution in [2.75, 3.05) is 11.9 Å². The van der Waals surface area contributed by atoms with Gasteiger partial charge in [-0.3, -0.25) is 4.79 Å². The van der Waals surface area contributed by atoms with E-state index in [1.807, 2.05) is 0 Å². The van der Waals surface area contributed by atoms with Gasteiger partial charge in [0.2, 0.25) is 0 Å². The van der Waals surface area contributed by atoms with Crippen LogP contribution in [0.2, 0.25) is 5.02 Å². The molecule has 0 bridgehead atoms. The molecule has 0 aromatic heterocycles. The molecule has 2 N–H and O–H groups in total. The summed E-state index contributed by atoms with van der Waals surface area (Å²) in [5.74, 6) is -1.50. The van der Waals surface area contributed by atoms with E-state index in [4.69, 9.17) is 16.7 Å². The Kier molecular flexibility index (Phi) is 3.71. The van der Waals surface area contributed by atoms with E-state index in [1.54, 1.807) is 0 Å². The van der Waals surface area contributed by atoms with E-state index >= 15 is 0 Å². The zero-order valence-electron chi connectivity index (χ0n) is 6.85. The van der Waals surface area contributed by atoms with E-state index in [-0.39, 0.29) is 11.6 Å². The number of aliphatic carboxylic acids is 1. The average molecular weight is 282 g/mol. The van der Waals surface area contributed by atoms with Gasteiger partial charge in [-0.2, -0.15) is 0 Å². The molecule has 1 aromatic carbocycles. The summed E-state index contributed by atoms with van der Waals surface area (Å²) < 4.78 is 13.1. The van der Waals surface area contributed by atoms with Crippen LogP contribution in [0.15, 0.2) is 16.6 Å². The highest BCUT2D eigenvalue weighted by molar-refractivity contribution is 9.10. The van der Waals surface area contributed by atoms with Gasteiger partial charge in [0.25, 0.3) is 0 Å². The molecule has 76 valence electrons. The lowest BCUT2D eigenvalue weighted by atomic mass is 10.3. The molecule has 1 rings (SSSR count). The molecule has 0 radical (unpaired) electrons. The first-order chi connectivity index (χ1) is 6.50. The Balaban J connectivity index is 2.91. The molecule has 0 aliphatic carbocycles. The SMILES string of the molecule is O=C(O)CNc1c(Cl)cc(F)cc1Br. The monoisotopic (exact) mass is 281 g/mol. The Labute approximate surface area is 93.0 Å². The number of benzene rings is 1. The summed E-state index contributed by atoms with van der Waals surface area (Å²) in [7, 11) is 0. The first-order valence-corrected chi connectivity index (χ1v) is 4.78. The molecule has 0 spiro atoms. The lowest BCUT2D eigenvalue weighted by Gasteiger charge is -2.08. The standard InChI is InChI=1S/C8H6BrClFNO2/c9-5-1-4(11)2-6(10)8(5)12-3-7(13)14/h1-2,12H,3H2,(H,13,14). The maximum Gasteiger partial charge on any atom is 0.322 e. The van der Waals surface area contributed by atoms with Crippen molar-refractivity contribution in [2.24, 2.45) is 0 Å². The van der Waals surface area contributed by atoms with E-state index in [0.717, 1.165) is 6.07 Å². The maximum atomic E-state index is 12.7. The van der Waals surface area contributed by atoms with Crippen LogP contribution in [0.3, 0.4) is 0 Å². The van der Waals surface area contributed by atoms with Gasteiger partial charge in [-0.1, -0.05) is 11.6 Å². The van der Waals surface area contributed by atoms with Crippen LogP contribution >= 0.6 is 27.5 Å². The van der Waals surface area contributed by atoms with Crippen LogP contribution in [-0.4, -0.2) is 17.6 Å². The minimum Gasteiger partial charge on any atom is -0.480 e. The molecule has 0 heterocycles. The van der Waals surface area contributed by atoms with E-state index in [0.29, 0.717) is 10.2 Å². The number of hydrogen-bond donors (Lipinski definition) is 2. The third-order valence-electron chi connectivity index (χ3n) is 1.42. The molecule has 0 saturated heterocycles. The summed E-state index contributed by atoms with van der Waals surface area (Å²) in [6.07, 6.45) is 0. The second kappa shape index (κ2) is 4.61. The Hall–Kier alpha value is -0.810. The maximum absolute atomic E-state index is 12.7. The zero-order chi connectivity index (χ0) is 10.7. The first kappa shape index (κ1) is 11.3. The van der Waals surface area contributed by atoms with Gasteiger partial charge in [0, 0.05) is 4.47 Å². The van der Waals surface area contributed by atoms with Crippen LogP contribution in [0.5, 0.6) is 0 Å². The number of carboxylic acid groups (broad SMARTS) is 1. The second-order valence-corrected chi connectivity index (χ2v) is 3.75. The third-order valence-corrected chi connectivity index (χ3v) is 2.35. The van der Waals surface area contributed by atoms with E-state index in [2.05, 4.69) is 21.2 Å². The Morgan fingerprint density at radius 2 is 2.29 bits per heavy atom. The molecule has 0 saturated carbocycles. The smallest absolute Gasteiger partial charge is 0.322 e. The van der Waals surface area contributed by atoms with Crippen molar-refractivity contribution in [1.82, 2.24) is 0 Å². The van der Waals surface area contributed by atoms with Crippen molar-refractivity contribution in [1.29, 1.82) is 0 Å². The summed E-state index contributed by atoms with van der Waals surface area (Å²) in [6, 6.07) is 2.31. The van der Waals surface area contributed by atoms with Gasteiger partial charge in [0.05, 0.1) is 10.7 Å². The highest BCUT2D eigenvalue weighted by Gasteiger charge is 2.08. The van der Waals surface area contributed by atoms with Gasteiger partial charge in [0.1, 0.15) is 12.4 Å². The fraction of sp³-hybridized carbons (Fsp3) is 0.125. The van der Waals surface area contributed by atoms with Crippen LogP contribution in [0.4, 0.5) is 10.1 Å². The summed E-state index contributed by atoms with van der Waals surface area (Å²) >= 11 is 8.76. The van der Waals surface area contributed by atoms with Crippen LogP contribution in [0.1, 0.15) is 0 Å². The number of hydrogen-bond acceptors (Lipinski definition) is 2. The fourth-order valence-corrected chi connectivity index (χ4v) is 1.83. The molecular weight excluding hydrogens is 276 g/mol. The predicted molar refractivity (Wildman–Crippen MR) is 55.2 cm³/mol. The van der Waals surface area contributed by atoms with E-state index in [1.165, 1.54) is 6.07 Å². The quantitative estimate of drug-likeness (QED) is 0.896. The number of halogens is 3. The van der Waals surface area contributed by atoms with Crippen molar-refractivity contribution in [3.05, 3.63) is 27.4 Å². The Bertz CT molecular complexity index is 349. The van der Waals surface area contributed by atoms with Crippen molar-refractivity contribution in [2.45, 2.75) is 0 Å². The minimum atomic E-state index is -1.02. The molecule has 0 aliphatic rings. The van der Waals surface area contributed by atoms with Crippen molar-refractivity contribution in [3.8, 4) is 0 Å². The van der Waals surface area contributed by atoms with Gasteiger partial charge >= 0.3 is 5.97 Å². The van der Waals surface area contributed by atoms with Crippen molar-refractivity contribution < 1.29 is 14.3 Å². The second-order valence-electron chi connectivity index (χ2n) is 2.49. The normalized spacial score (nSPS) is 9.93. The first-order valence-electron chi connectivity index (χ1n) is 3.61. The number of anilines is 1. The molecule has 1 aromatic rings. The van der Waals surface area contributed by atoms with Gasteiger partial charge in [-0.05, 0) is 28.1 Å². The lowest BCUT2D eigenvalue weighted by Crippen LogP contribution is -2.13. The van der Waals surface area contributed by atoms with Gasteiger partial charge in [0.15, 0.2) is 0 Å². The number of carbonyl (C=O) groups is 1. The largest absolute Gasteiger partial charge is 0.480 e. The summed E-state index contributed by atoms with van der Waals surface area (Å²) in [5.41, 5.74) is 0.371. The molecule has 0 unspecified atom stereocenters. The highest BCUT2D eigenvalue weighted by atomic mass is 79.9. The van der Waals surface area contributed by atoms with Gasteiger partial charge in [-0.15, -0.1) is 0 Å². The average Bonchev–Trinajstić information content (AvgIpc) is 2.01. The number of nitrogens with one attached hydrogen (secondary N) is 1. The molecule has 0 amide bonds.